The van der Waals surface area contributed by atoms with Crippen LogP contribution >= 0.6 is 11.8 Å². The number of aryl methyl sites for hydroxylation is 1. The maximum atomic E-state index is 6.38. The van der Waals surface area contributed by atoms with Crippen LogP contribution in [0.25, 0.3) is 28.1 Å². The van der Waals surface area contributed by atoms with Gasteiger partial charge in [-0.15, -0.1) is 0 Å². The van der Waals surface area contributed by atoms with E-state index in [1.165, 1.54) is 4.91 Å². The summed E-state index contributed by atoms with van der Waals surface area (Å²) in [6, 6.07) is 9.64. The molecule has 1 unspecified atom stereocenters. The van der Waals surface area contributed by atoms with E-state index in [0.717, 1.165) is 55.1 Å². The van der Waals surface area contributed by atoms with Crippen LogP contribution in [0.5, 0.6) is 11.5 Å². The second kappa shape index (κ2) is 9.68. The van der Waals surface area contributed by atoms with Gasteiger partial charge >= 0.3 is 0 Å². The standard InChI is InChI=1S/C26H29N5O4S/c1-4-24-20(28-26(36-24)30-7-9-33-10-8-30)15-34-21-11-17(32-3)12-22-18(21)13-23(35-22)19-14-31-25(27-19)6-5-16(2)29-31/h5-6,11-14,26,28H,4,7-10,15H2,1-3H3. The van der Waals surface area contributed by atoms with Gasteiger partial charge in [-0.25, -0.2) is 9.50 Å². The van der Waals surface area contributed by atoms with Gasteiger partial charge in [0.2, 0.25) is 0 Å². The molecule has 36 heavy (non-hydrogen) atoms. The number of nitrogens with zero attached hydrogens (tertiary/aromatic N) is 4. The van der Waals surface area contributed by atoms with Crippen LogP contribution in [0.4, 0.5) is 0 Å². The minimum atomic E-state index is 0.223. The summed E-state index contributed by atoms with van der Waals surface area (Å²) in [5, 5.41) is 9.04. The summed E-state index contributed by atoms with van der Waals surface area (Å²) in [7, 11) is 1.64. The number of fused-ring (bicyclic) bond motifs is 2. The Hall–Kier alpha value is -3.21. The van der Waals surface area contributed by atoms with Gasteiger partial charge in [0.05, 0.1) is 43.3 Å². The molecule has 6 rings (SSSR count). The summed E-state index contributed by atoms with van der Waals surface area (Å²) < 4.78 is 25.4. The van der Waals surface area contributed by atoms with Crippen LogP contribution < -0.4 is 14.8 Å². The van der Waals surface area contributed by atoms with E-state index in [0.29, 0.717) is 35.1 Å². The molecule has 5 heterocycles. The Labute approximate surface area is 213 Å². The quantitative estimate of drug-likeness (QED) is 0.391. The van der Waals surface area contributed by atoms with Crippen molar-refractivity contribution in [2.24, 2.45) is 0 Å². The summed E-state index contributed by atoms with van der Waals surface area (Å²) >= 11 is 1.88. The van der Waals surface area contributed by atoms with Crippen molar-refractivity contribution >= 4 is 28.4 Å². The average Bonchev–Trinajstić information content (AvgIpc) is 3.63. The third-order valence-electron chi connectivity index (χ3n) is 6.47. The minimum absolute atomic E-state index is 0.223. The molecule has 4 aromatic rings. The lowest BCUT2D eigenvalue weighted by atomic mass is 10.2. The van der Waals surface area contributed by atoms with E-state index >= 15 is 0 Å². The molecule has 0 aliphatic carbocycles. The molecule has 0 amide bonds. The lowest BCUT2D eigenvalue weighted by molar-refractivity contribution is 0.0293. The fraction of sp³-hybridized carbons (Fsp3) is 0.385. The van der Waals surface area contributed by atoms with Crippen LogP contribution in [0.15, 0.2) is 51.5 Å². The Morgan fingerprint density at radius 1 is 1.19 bits per heavy atom. The second-order valence-corrected chi connectivity index (χ2v) is 10.0. The number of allylic oxidation sites excluding steroid dienone is 1. The number of aromatic nitrogens is 3. The third-order valence-corrected chi connectivity index (χ3v) is 7.93. The topological polar surface area (TPSA) is 86.3 Å². The predicted molar refractivity (Wildman–Crippen MR) is 139 cm³/mol. The summed E-state index contributed by atoms with van der Waals surface area (Å²) in [6.45, 7) is 8.00. The first-order valence-corrected chi connectivity index (χ1v) is 13.0. The van der Waals surface area contributed by atoms with Gasteiger partial charge in [0.25, 0.3) is 0 Å². The highest BCUT2D eigenvalue weighted by molar-refractivity contribution is 8.03. The first-order valence-electron chi connectivity index (χ1n) is 12.2. The van der Waals surface area contributed by atoms with E-state index < -0.39 is 0 Å². The van der Waals surface area contributed by atoms with E-state index in [1.54, 1.807) is 11.6 Å². The molecule has 0 bridgehead atoms. The largest absolute Gasteiger partial charge is 0.496 e. The van der Waals surface area contributed by atoms with Crippen LogP contribution in [-0.2, 0) is 4.74 Å². The Morgan fingerprint density at radius 3 is 2.86 bits per heavy atom. The molecular formula is C26H29N5O4S. The van der Waals surface area contributed by atoms with Gasteiger partial charge in [-0.2, -0.15) is 5.10 Å². The number of hydrogen-bond donors (Lipinski definition) is 1. The van der Waals surface area contributed by atoms with Gasteiger partial charge in [0, 0.05) is 30.1 Å². The van der Waals surface area contributed by atoms with Crippen LogP contribution in [0.3, 0.4) is 0 Å². The summed E-state index contributed by atoms with van der Waals surface area (Å²) in [4.78, 5) is 8.42. The Morgan fingerprint density at radius 2 is 2.06 bits per heavy atom. The molecule has 0 spiro atoms. The van der Waals surface area contributed by atoms with Crippen molar-refractivity contribution in [3.63, 3.8) is 0 Å². The molecule has 0 radical (unpaired) electrons. The molecule has 3 aromatic heterocycles. The van der Waals surface area contributed by atoms with Crippen molar-refractivity contribution in [3.05, 3.63) is 52.8 Å². The summed E-state index contributed by atoms with van der Waals surface area (Å²) in [5.74, 6) is 2.04. The third kappa shape index (κ3) is 4.40. The number of methoxy groups -OCH3 is 1. The number of morpholine rings is 1. The van der Waals surface area contributed by atoms with Crippen molar-refractivity contribution in [1.82, 2.24) is 24.8 Å². The highest BCUT2D eigenvalue weighted by Gasteiger charge is 2.29. The van der Waals surface area contributed by atoms with Crippen molar-refractivity contribution in [2.45, 2.75) is 25.8 Å². The van der Waals surface area contributed by atoms with Gasteiger partial charge < -0.3 is 23.9 Å². The number of furan rings is 1. The van der Waals surface area contributed by atoms with Crippen LogP contribution in [-0.4, -0.2) is 65.0 Å². The fourth-order valence-corrected chi connectivity index (χ4v) is 5.81. The highest BCUT2D eigenvalue weighted by Crippen LogP contribution is 2.38. The summed E-state index contributed by atoms with van der Waals surface area (Å²) in [5.41, 5.74) is 4.44. The van der Waals surface area contributed by atoms with E-state index in [9.17, 15) is 0 Å². The molecular weight excluding hydrogens is 478 g/mol. The smallest absolute Gasteiger partial charge is 0.155 e. The Balaban J connectivity index is 1.27. The molecule has 188 valence electrons. The van der Waals surface area contributed by atoms with Gasteiger partial charge in [-0.05, 0) is 31.5 Å². The highest BCUT2D eigenvalue weighted by atomic mass is 32.2. The maximum Gasteiger partial charge on any atom is 0.155 e. The lowest BCUT2D eigenvalue weighted by Crippen LogP contribution is -2.47. The van der Waals surface area contributed by atoms with Gasteiger partial charge in [-0.1, -0.05) is 18.7 Å². The number of hydrogen-bond acceptors (Lipinski definition) is 9. The maximum absolute atomic E-state index is 6.38. The van der Waals surface area contributed by atoms with Crippen molar-refractivity contribution in [3.8, 4) is 23.0 Å². The number of ether oxygens (including phenoxy) is 3. The fourth-order valence-electron chi connectivity index (χ4n) is 4.55. The van der Waals surface area contributed by atoms with Gasteiger partial charge in [0.1, 0.15) is 34.9 Å². The summed E-state index contributed by atoms with van der Waals surface area (Å²) in [6.07, 6.45) is 2.84. The van der Waals surface area contributed by atoms with E-state index in [-0.39, 0.29) is 5.50 Å². The molecule has 1 N–H and O–H groups in total. The number of thioether (sulfide) groups is 1. The lowest BCUT2D eigenvalue weighted by Gasteiger charge is -2.32. The molecule has 2 aliphatic heterocycles. The molecule has 1 atom stereocenters. The number of nitrogens with one attached hydrogen (secondary N) is 1. The molecule has 1 aromatic carbocycles. The Kier molecular flexibility index (Phi) is 6.24. The zero-order valence-corrected chi connectivity index (χ0v) is 21.4. The second-order valence-electron chi connectivity index (χ2n) is 8.86. The number of imidazole rings is 1. The normalized spacial score (nSPS) is 18.8. The first kappa shape index (κ1) is 23.2. The van der Waals surface area contributed by atoms with E-state index in [2.05, 4.69) is 27.2 Å². The Bertz CT molecular complexity index is 1440. The molecule has 9 nitrogen and oxygen atoms in total. The monoisotopic (exact) mass is 507 g/mol. The van der Waals surface area contributed by atoms with Crippen molar-refractivity contribution in [2.75, 3.05) is 40.0 Å². The molecule has 2 aliphatic rings. The van der Waals surface area contributed by atoms with Crippen LogP contribution in [0.2, 0.25) is 0 Å². The first-order chi connectivity index (χ1) is 17.6. The average molecular weight is 508 g/mol. The SMILES string of the molecule is CCC1=C(COc2cc(OC)cc3oc(-c4cn5nc(C)ccc5n4)cc23)NC(N2CCOCC2)S1. The number of rotatable bonds is 7. The predicted octanol–water partition coefficient (Wildman–Crippen LogP) is 4.41. The van der Waals surface area contributed by atoms with Crippen LogP contribution in [0, 0.1) is 6.92 Å². The van der Waals surface area contributed by atoms with Gasteiger partial charge in [0.15, 0.2) is 11.4 Å². The molecule has 1 fully saturated rings. The zero-order chi connectivity index (χ0) is 24.6. The zero-order valence-electron chi connectivity index (χ0n) is 20.6. The number of benzene rings is 1. The molecule has 10 heteroatoms. The van der Waals surface area contributed by atoms with Crippen LogP contribution in [0.1, 0.15) is 19.0 Å². The van der Waals surface area contributed by atoms with Crippen molar-refractivity contribution < 1.29 is 18.6 Å². The van der Waals surface area contributed by atoms with E-state index in [4.69, 9.17) is 18.6 Å². The minimum Gasteiger partial charge on any atom is -0.496 e. The molecule has 0 saturated carbocycles. The van der Waals surface area contributed by atoms with E-state index in [1.807, 2.05) is 55.2 Å². The van der Waals surface area contributed by atoms with Gasteiger partial charge in [-0.3, -0.25) is 4.90 Å². The molecule has 1 saturated heterocycles. The van der Waals surface area contributed by atoms with Crippen molar-refractivity contribution in [1.29, 1.82) is 0 Å².